The number of benzene rings is 2. The smallest absolute Gasteiger partial charge is 0.321 e. The summed E-state index contributed by atoms with van der Waals surface area (Å²) < 4.78 is 10.2. The first kappa shape index (κ1) is 19.5. The average Bonchev–Trinajstić information content (AvgIpc) is 2.62. The van der Waals surface area contributed by atoms with Crippen LogP contribution in [0.4, 0.5) is 5.69 Å². The molecule has 26 heavy (non-hydrogen) atoms. The van der Waals surface area contributed by atoms with Gasteiger partial charge in [0.05, 0.1) is 18.6 Å². The molecule has 0 aromatic heterocycles. The van der Waals surface area contributed by atoms with Crippen LogP contribution in [0.1, 0.15) is 17.3 Å². The van der Waals surface area contributed by atoms with Crippen LogP contribution in [0.25, 0.3) is 0 Å². The number of ketones is 1. The first-order valence-electron chi connectivity index (χ1n) is 7.81. The van der Waals surface area contributed by atoms with Crippen LogP contribution in [-0.2, 0) is 9.59 Å². The van der Waals surface area contributed by atoms with Gasteiger partial charge < -0.3 is 14.8 Å². The number of hydrogen-bond donors (Lipinski definition) is 1. The van der Waals surface area contributed by atoms with Crippen molar-refractivity contribution in [2.75, 3.05) is 23.9 Å². The van der Waals surface area contributed by atoms with Gasteiger partial charge in [-0.05, 0) is 55.5 Å². The number of hydrogen-bond acceptors (Lipinski definition) is 6. The Labute approximate surface area is 155 Å². The second-order valence-corrected chi connectivity index (χ2v) is 6.31. The molecule has 0 saturated heterocycles. The van der Waals surface area contributed by atoms with Crippen LogP contribution in [0.3, 0.4) is 0 Å². The number of carbonyl (C=O) groups excluding carboxylic acids is 3. The lowest BCUT2D eigenvalue weighted by molar-refractivity contribution is -0.131. The van der Waals surface area contributed by atoms with Gasteiger partial charge in [-0.1, -0.05) is 0 Å². The molecule has 0 aliphatic carbocycles. The van der Waals surface area contributed by atoms with E-state index >= 15 is 0 Å². The maximum absolute atomic E-state index is 11.9. The van der Waals surface area contributed by atoms with Gasteiger partial charge in [-0.25, -0.2) is 0 Å². The van der Waals surface area contributed by atoms with Crippen LogP contribution in [-0.4, -0.2) is 36.3 Å². The molecule has 0 unspecified atom stereocenters. The Morgan fingerprint density at radius 3 is 2.12 bits per heavy atom. The summed E-state index contributed by atoms with van der Waals surface area (Å²) in [4.78, 5) is 34.8. The Morgan fingerprint density at radius 1 is 0.923 bits per heavy atom. The third kappa shape index (κ3) is 6.25. The maximum Gasteiger partial charge on any atom is 0.321 e. The van der Waals surface area contributed by atoms with E-state index in [9.17, 15) is 14.4 Å². The van der Waals surface area contributed by atoms with Crippen molar-refractivity contribution in [3.8, 4) is 11.5 Å². The SMILES string of the molecule is COc1ccc(NC(=O)CSCC(=O)Oc2ccc(C(C)=O)cc2)cc1. The molecule has 0 aliphatic heterocycles. The van der Waals surface area contributed by atoms with E-state index in [1.54, 1.807) is 55.6 Å². The lowest BCUT2D eigenvalue weighted by Gasteiger charge is -2.07. The number of carbonyl (C=O) groups is 3. The second kappa shape index (κ2) is 9.62. The molecule has 7 heteroatoms. The van der Waals surface area contributed by atoms with Gasteiger partial charge in [0, 0.05) is 11.3 Å². The molecular formula is C19H19NO5S. The van der Waals surface area contributed by atoms with Gasteiger partial charge in [-0.15, -0.1) is 11.8 Å². The lowest BCUT2D eigenvalue weighted by atomic mass is 10.1. The minimum Gasteiger partial charge on any atom is -0.497 e. The van der Waals surface area contributed by atoms with E-state index < -0.39 is 5.97 Å². The maximum atomic E-state index is 11.9. The van der Waals surface area contributed by atoms with Crippen LogP contribution in [0.15, 0.2) is 48.5 Å². The summed E-state index contributed by atoms with van der Waals surface area (Å²) in [7, 11) is 1.57. The molecule has 2 aromatic rings. The number of esters is 1. The van der Waals surface area contributed by atoms with Crippen molar-refractivity contribution in [2.45, 2.75) is 6.92 Å². The molecule has 0 spiro atoms. The highest BCUT2D eigenvalue weighted by Gasteiger charge is 2.09. The third-order valence-corrected chi connectivity index (χ3v) is 4.23. The summed E-state index contributed by atoms with van der Waals surface area (Å²) in [5.74, 6) is 0.525. The van der Waals surface area contributed by atoms with Gasteiger partial charge in [0.1, 0.15) is 11.5 Å². The predicted octanol–water partition coefficient (Wildman–Crippen LogP) is 3.18. The number of amides is 1. The fraction of sp³-hybridized carbons (Fsp3) is 0.211. The molecule has 0 saturated carbocycles. The van der Waals surface area contributed by atoms with Crippen LogP contribution in [0, 0.1) is 0 Å². The Hall–Kier alpha value is -2.80. The molecule has 0 atom stereocenters. The molecule has 0 radical (unpaired) electrons. The Morgan fingerprint density at radius 2 is 1.54 bits per heavy atom. The van der Waals surface area contributed by atoms with Crippen molar-refractivity contribution in [2.24, 2.45) is 0 Å². The van der Waals surface area contributed by atoms with Gasteiger partial charge in [0.2, 0.25) is 5.91 Å². The fourth-order valence-corrected chi connectivity index (χ4v) is 2.60. The van der Waals surface area contributed by atoms with Crippen molar-refractivity contribution in [1.82, 2.24) is 0 Å². The van der Waals surface area contributed by atoms with Gasteiger partial charge in [-0.2, -0.15) is 0 Å². The number of ether oxygens (including phenoxy) is 2. The summed E-state index contributed by atoms with van der Waals surface area (Å²) in [5, 5.41) is 2.73. The molecule has 0 fully saturated rings. The van der Waals surface area contributed by atoms with Crippen LogP contribution >= 0.6 is 11.8 Å². The molecular weight excluding hydrogens is 354 g/mol. The zero-order valence-corrected chi connectivity index (χ0v) is 15.3. The zero-order valence-electron chi connectivity index (χ0n) is 14.5. The number of methoxy groups -OCH3 is 1. The summed E-state index contributed by atoms with van der Waals surface area (Å²) in [6, 6.07) is 13.3. The van der Waals surface area contributed by atoms with Crippen molar-refractivity contribution in [1.29, 1.82) is 0 Å². The minimum absolute atomic E-state index is 0.0461. The van der Waals surface area contributed by atoms with Gasteiger partial charge in [0.25, 0.3) is 0 Å². The highest BCUT2D eigenvalue weighted by Crippen LogP contribution is 2.16. The molecule has 0 heterocycles. The van der Waals surface area contributed by atoms with Gasteiger partial charge in [-0.3, -0.25) is 14.4 Å². The quantitative estimate of drug-likeness (QED) is 0.435. The first-order chi connectivity index (χ1) is 12.5. The highest BCUT2D eigenvalue weighted by atomic mass is 32.2. The lowest BCUT2D eigenvalue weighted by Crippen LogP contribution is -2.17. The molecule has 2 aromatic carbocycles. The molecule has 6 nitrogen and oxygen atoms in total. The second-order valence-electron chi connectivity index (χ2n) is 5.32. The molecule has 136 valence electrons. The third-order valence-electron chi connectivity index (χ3n) is 3.32. The average molecular weight is 373 g/mol. The number of Topliss-reactive ketones (excluding diaryl/α,β-unsaturated/α-hetero) is 1. The van der Waals surface area contributed by atoms with E-state index in [-0.39, 0.29) is 23.2 Å². The summed E-state index contributed by atoms with van der Waals surface area (Å²) in [5.41, 5.74) is 1.21. The Balaban J connectivity index is 1.71. The number of rotatable bonds is 8. The number of nitrogens with one attached hydrogen (secondary N) is 1. The summed E-state index contributed by atoms with van der Waals surface area (Å²) >= 11 is 1.16. The predicted molar refractivity (Wildman–Crippen MR) is 101 cm³/mol. The Kier molecular flexibility index (Phi) is 7.23. The number of thioether (sulfide) groups is 1. The molecule has 1 N–H and O–H groups in total. The zero-order chi connectivity index (χ0) is 18.9. The number of anilines is 1. The van der Waals surface area contributed by atoms with E-state index in [2.05, 4.69) is 5.32 Å². The van der Waals surface area contributed by atoms with Crippen molar-refractivity contribution in [3.05, 3.63) is 54.1 Å². The molecule has 0 bridgehead atoms. The van der Waals surface area contributed by atoms with E-state index in [1.165, 1.54) is 6.92 Å². The largest absolute Gasteiger partial charge is 0.497 e. The molecule has 0 aliphatic rings. The topological polar surface area (TPSA) is 81.7 Å². The van der Waals surface area contributed by atoms with Crippen molar-refractivity contribution in [3.63, 3.8) is 0 Å². The summed E-state index contributed by atoms with van der Waals surface area (Å²) in [6.45, 7) is 1.47. The molecule has 2 rings (SSSR count). The van der Waals surface area contributed by atoms with Crippen molar-refractivity contribution < 1.29 is 23.9 Å². The minimum atomic E-state index is -0.456. The van der Waals surface area contributed by atoms with E-state index in [1.807, 2.05) is 0 Å². The standard InChI is InChI=1S/C19H19NO5S/c1-13(21)14-3-7-17(8-4-14)25-19(23)12-26-11-18(22)20-15-5-9-16(24-2)10-6-15/h3-10H,11-12H2,1-2H3,(H,20,22). The molecule has 1 amide bonds. The van der Waals surface area contributed by atoms with Crippen LogP contribution < -0.4 is 14.8 Å². The van der Waals surface area contributed by atoms with E-state index in [4.69, 9.17) is 9.47 Å². The normalized spacial score (nSPS) is 10.1. The van der Waals surface area contributed by atoms with Gasteiger partial charge in [0.15, 0.2) is 5.78 Å². The fourth-order valence-electron chi connectivity index (χ4n) is 2.02. The summed E-state index contributed by atoms with van der Waals surface area (Å²) in [6.07, 6.45) is 0. The van der Waals surface area contributed by atoms with E-state index in [0.29, 0.717) is 22.7 Å². The first-order valence-corrected chi connectivity index (χ1v) is 8.96. The van der Waals surface area contributed by atoms with Crippen LogP contribution in [0.2, 0.25) is 0 Å². The monoisotopic (exact) mass is 373 g/mol. The Bertz CT molecular complexity index is 772. The van der Waals surface area contributed by atoms with Crippen LogP contribution in [0.5, 0.6) is 11.5 Å². The van der Waals surface area contributed by atoms with Gasteiger partial charge >= 0.3 is 5.97 Å². The van der Waals surface area contributed by atoms with Crippen molar-refractivity contribution >= 4 is 35.1 Å². The van der Waals surface area contributed by atoms with E-state index in [0.717, 1.165) is 11.8 Å². The highest BCUT2D eigenvalue weighted by molar-refractivity contribution is 8.00.